The number of rotatable bonds is 29. The van der Waals surface area contributed by atoms with Crippen molar-refractivity contribution in [3.05, 3.63) is 45.0 Å². The van der Waals surface area contributed by atoms with Crippen LogP contribution in [0.5, 0.6) is 11.5 Å². The standard InChI is InChI=1S/C54H76O3S4/c1-9-15-20-22-26-38(24-17-11-3)34-56-51-42-31-47-44(32-49(60-47)54-45-33-48(61-53(45)37(8)59-54)50(55)40(14-6)28-19-13-5)52(41(42)30-46-43(51)29-36(7)58-46)57-35-39(25-18-12-4)27-23-21-16-10-2/h29-33,38-40H,9-28,34-35H2,1-8H3. The molecular weight excluding hydrogens is 825 g/mol. The topological polar surface area (TPSA) is 35.5 Å². The fourth-order valence-corrected chi connectivity index (χ4v) is 13.9. The highest BCUT2D eigenvalue weighted by Gasteiger charge is 2.26. The summed E-state index contributed by atoms with van der Waals surface area (Å²) in [6.45, 7) is 19.6. The highest BCUT2D eigenvalue weighted by Crippen LogP contribution is 2.51. The van der Waals surface area contributed by atoms with E-state index >= 15 is 0 Å². The van der Waals surface area contributed by atoms with Gasteiger partial charge in [-0.3, -0.25) is 4.79 Å². The van der Waals surface area contributed by atoms with Crippen LogP contribution in [0.4, 0.5) is 0 Å². The van der Waals surface area contributed by atoms with E-state index < -0.39 is 0 Å². The van der Waals surface area contributed by atoms with Crippen molar-refractivity contribution in [1.82, 2.24) is 0 Å². The lowest BCUT2D eigenvalue weighted by molar-refractivity contribution is 0.0912. The molecule has 4 aromatic heterocycles. The Balaban J connectivity index is 1.46. The van der Waals surface area contributed by atoms with E-state index in [1.807, 2.05) is 34.0 Å². The Morgan fingerprint density at radius 3 is 1.61 bits per heavy atom. The van der Waals surface area contributed by atoms with E-state index in [-0.39, 0.29) is 5.92 Å². The number of benzene rings is 2. The van der Waals surface area contributed by atoms with Crippen molar-refractivity contribution in [2.45, 2.75) is 184 Å². The van der Waals surface area contributed by atoms with Gasteiger partial charge in [0.1, 0.15) is 11.5 Å². The molecule has 0 saturated heterocycles. The van der Waals surface area contributed by atoms with Crippen molar-refractivity contribution < 1.29 is 14.3 Å². The Morgan fingerprint density at radius 1 is 0.525 bits per heavy atom. The van der Waals surface area contributed by atoms with Gasteiger partial charge in [0.2, 0.25) is 0 Å². The van der Waals surface area contributed by atoms with Gasteiger partial charge in [-0.1, -0.05) is 131 Å². The fourth-order valence-electron chi connectivity index (χ4n) is 9.30. The van der Waals surface area contributed by atoms with Crippen LogP contribution >= 0.6 is 45.3 Å². The Labute approximate surface area is 385 Å². The van der Waals surface area contributed by atoms with Crippen molar-refractivity contribution >= 4 is 92.2 Å². The van der Waals surface area contributed by atoms with E-state index in [0.717, 1.165) is 55.3 Å². The van der Waals surface area contributed by atoms with E-state index in [2.05, 4.69) is 85.7 Å². The number of ether oxygens (including phenoxy) is 2. The lowest BCUT2D eigenvalue weighted by atomic mass is 9.94. The summed E-state index contributed by atoms with van der Waals surface area (Å²) in [5.74, 6) is 3.61. The van der Waals surface area contributed by atoms with Crippen molar-refractivity contribution in [1.29, 1.82) is 0 Å². The van der Waals surface area contributed by atoms with Crippen LogP contribution in [0.2, 0.25) is 0 Å². The van der Waals surface area contributed by atoms with Crippen LogP contribution in [0.3, 0.4) is 0 Å². The summed E-state index contributed by atoms with van der Waals surface area (Å²) in [6, 6.07) is 11.8. The number of unbranched alkanes of at least 4 members (excludes halogenated alkanes) is 9. The minimum Gasteiger partial charge on any atom is -0.492 e. The van der Waals surface area contributed by atoms with Crippen LogP contribution in [-0.2, 0) is 0 Å². The predicted octanol–water partition coefficient (Wildman–Crippen LogP) is 19.5. The first-order chi connectivity index (χ1) is 29.7. The second-order valence-corrected chi connectivity index (χ2v) is 22.7. The third-order valence-electron chi connectivity index (χ3n) is 13.0. The number of hydrogen-bond donors (Lipinski definition) is 0. The molecule has 7 heteroatoms. The van der Waals surface area contributed by atoms with Gasteiger partial charge in [-0.25, -0.2) is 0 Å². The molecule has 0 aliphatic carbocycles. The van der Waals surface area contributed by atoms with E-state index in [4.69, 9.17) is 9.47 Å². The smallest absolute Gasteiger partial charge is 0.175 e. The van der Waals surface area contributed by atoms with E-state index in [1.54, 1.807) is 11.3 Å². The number of ketones is 1. The van der Waals surface area contributed by atoms with Gasteiger partial charge in [0.15, 0.2) is 5.78 Å². The SMILES string of the molecule is CCCCCCC(CCCC)COc1c2cc(C)sc2cc2c(OCC(CCCC)CCCCCC)c3cc(-c4sc(C)c5sc(C(=O)C(CC)CCCC)cc45)sc3cc12. The molecule has 61 heavy (non-hydrogen) atoms. The second kappa shape index (κ2) is 24.0. The maximum Gasteiger partial charge on any atom is 0.175 e. The fraction of sp³-hybridized carbons (Fsp3) is 0.611. The summed E-state index contributed by atoms with van der Waals surface area (Å²) in [6.07, 6.45) is 24.3. The number of carbonyl (C=O) groups is 1. The molecule has 0 amide bonds. The van der Waals surface area contributed by atoms with Gasteiger partial charge in [0.25, 0.3) is 0 Å². The van der Waals surface area contributed by atoms with Gasteiger partial charge in [-0.05, 0) is 94.5 Å². The molecule has 334 valence electrons. The lowest BCUT2D eigenvalue weighted by Gasteiger charge is -2.21. The zero-order valence-electron chi connectivity index (χ0n) is 39.0. The average Bonchev–Trinajstić information content (AvgIpc) is 4.05. The monoisotopic (exact) mass is 900 g/mol. The first kappa shape index (κ1) is 48.0. The zero-order chi connectivity index (χ0) is 43.3. The Kier molecular flexibility index (Phi) is 18.9. The van der Waals surface area contributed by atoms with Crippen LogP contribution in [-0.4, -0.2) is 19.0 Å². The number of thiophene rings is 4. The van der Waals surface area contributed by atoms with E-state index in [9.17, 15) is 4.79 Å². The van der Waals surface area contributed by atoms with Gasteiger partial charge in [-0.2, -0.15) is 0 Å². The zero-order valence-corrected chi connectivity index (χ0v) is 42.3. The number of Topliss-reactive ketones (excluding diaryl/α,β-unsaturated/α-hetero) is 1. The highest BCUT2D eigenvalue weighted by atomic mass is 32.1. The van der Waals surface area contributed by atoms with Gasteiger partial charge < -0.3 is 9.47 Å². The maximum atomic E-state index is 13.9. The van der Waals surface area contributed by atoms with Crippen LogP contribution in [0.1, 0.15) is 189 Å². The third kappa shape index (κ3) is 12.0. The molecule has 0 spiro atoms. The molecule has 3 unspecified atom stereocenters. The van der Waals surface area contributed by atoms with E-state index in [1.165, 1.54) is 163 Å². The molecule has 2 aromatic carbocycles. The molecule has 3 atom stereocenters. The highest BCUT2D eigenvalue weighted by molar-refractivity contribution is 7.30. The Morgan fingerprint density at radius 2 is 1.05 bits per heavy atom. The largest absolute Gasteiger partial charge is 0.492 e. The molecular formula is C54H76O3S4. The van der Waals surface area contributed by atoms with Crippen molar-refractivity contribution in [3.8, 4) is 21.3 Å². The molecule has 4 heterocycles. The van der Waals surface area contributed by atoms with Gasteiger partial charge in [-0.15, -0.1) is 45.3 Å². The molecule has 3 nitrogen and oxygen atoms in total. The van der Waals surface area contributed by atoms with Crippen molar-refractivity contribution in [2.24, 2.45) is 17.8 Å². The summed E-state index contributed by atoms with van der Waals surface area (Å²) in [7, 11) is 0. The molecule has 0 saturated carbocycles. The van der Waals surface area contributed by atoms with Gasteiger partial charge in [0, 0.05) is 61.6 Å². The molecule has 6 rings (SSSR count). The quantitative estimate of drug-likeness (QED) is 0.0348. The van der Waals surface area contributed by atoms with Crippen molar-refractivity contribution in [3.63, 3.8) is 0 Å². The van der Waals surface area contributed by atoms with Gasteiger partial charge in [0.05, 0.1) is 23.0 Å². The third-order valence-corrected chi connectivity index (χ3v) is 17.8. The summed E-state index contributed by atoms with van der Waals surface area (Å²) in [4.78, 5) is 20.0. The maximum absolute atomic E-state index is 13.9. The molecule has 0 aliphatic heterocycles. The summed E-state index contributed by atoms with van der Waals surface area (Å²) in [5, 5.41) is 6.05. The number of carbonyl (C=O) groups excluding carboxylic acids is 1. The number of fused-ring (bicyclic) bond motifs is 4. The van der Waals surface area contributed by atoms with Crippen molar-refractivity contribution in [2.75, 3.05) is 13.2 Å². The second-order valence-electron chi connectivity index (χ2n) is 18.1. The van der Waals surface area contributed by atoms with Crippen LogP contribution in [0.15, 0.2) is 30.3 Å². The lowest BCUT2D eigenvalue weighted by Crippen LogP contribution is -2.13. The van der Waals surface area contributed by atoms with Crippen LogP contribution < -0.4 is 9.47 Å². The minimum atomic E-state index is 0.109. The summed E-state index contributed by atoms with van der Waals surface area (Å²) in [5.41, 5.74) is 0. The Hall–Kier alpha value is -2.45. The first-order valence-electron chi connectivity index (χ1n) is 24.5. The molecule has 0 radical (unpaired) electrons. The van der Waals surface area contributed by atoms with E-state index in [0.29, 0.717) is 17.6 Å². The molecule has 0 aliphatic rings. The number of aryl methyl sites for hydroxylation is 2. The molecule has 0 fully saturated rings. The summed E-state index contributed by atoms with van der Waals surface area (Å²) < 4.78 is 18.3. The molecule has 0 N–H and O–H groups in total. The minimum absolute atomic E-state index is 0.109. The average molecular weight is 901 g/mol. The normalized spacial score (nSPS) is 13.6. The molecule has 6 aromatic rings. The predicted molar refractivity (Wildman–Crippen MR) is 275 cm³/mol. The first-order valence-corrected chi connectivity index (χ1v) is 27.8. The van der Waals surface area contributed by atoms with Gasteiger partial charge >= 0.3 is 0 Å². The summed E-state index contributed by atoms with van der Waals surface area (Å²) >= 11 is 7.35. The van der Waals surface area contributed by atoms with Crippen LogP contribution in [0.25, 0.3) is 50.8 Å². The van der Waals surface area contributed by atoms with Crippen LogP contribution in [0, 0.1) is 31.6 Å². The molecule has 0 bridgehead atoms. The number of hydrogen-bond acceptors (Lipinski definition) is 7. The Bertz CT molecular complexity index is 2280.